The Bertz CT molecular complexity index is 272. The van der Waals surface area contributed by atoms with Gasteiger partial charge in [-0.3, -0.25) is 4.79 Å². The second kappa shape index (κ2) is 9.38. The zero-order valence-corrected chi connectivity index (χ0v) is 14.0. The number of carbonyl (C=O) groups is 1. The van der Waals surface area contributed by atoms with Crippen molar-refractivity contribution in [2.75, 3.05) is 19.6 Å². The Morgan fingerprint density at radius 3 is 2.45 bits per heavy atom. The summed E-state index contributed by atoms with van der Waals surface area (Å²) in [5.74, 6) is 1.10. The van der Waals surface area contributed by atoms with Gasteiger partial charge in [-0.25, -0.2) is 0 Å². The molecule has 0 aromatic heterocycles. The monoisotopic (exact) mass is 282 g/mol. The smallest absolute Gasteiger partial charge is 0.225 e. The molecular formula is C17H34N2O. The van der Waals surface area contributed by atoms with Gasteiger partial charge in [0.1, 0.15) is 0 Å². The summed E-state index contributed by atoms with van der Waals surface area (Å²) in [6.45, 7) is 11.5. The third kappa shape index (κ3) is 5.82. The Labute approximate surface area is 125 Å². The van der Waals surface area contributed by atoms with E-state index >= 15 is 0 Å². The first-order valence-electron chi connectivity index (χ1n) is 8.60. The first kappa shape index (κ1) is 17.5. The Morgan fingerprint density at radius 1 is 1.25 bits per heavy atom. The van der Waals surface area contributed by atoms with E-state index in [2.05, 4.69) is 24.1 Å². The van der Waals surface area contributed by atoms with Crippen molar-refractivity contribution in [2.45, 2.75) is 72.3 Å². The lowest BCUT2D eigenvalue weighted by molar-refractivity contribution is -0.136. The molecule has 0 radical (unpaired) electrons. The summed E-state index contributed by atoms with van der Waals surface area (Å²) in [5.41, 5.74) is 0. The fourth-order valence-electron chi connectivity index (χ4n) is 3.18. The number of hydrogen-bond acceptors (Lipinski definition) is 2. The number of likely N-dealkylation sites (tertiary alicyclic amines) is 1. The van der Waals surface area contributed by atoms with Crippen molar-refractivity contribution in [3.63, 3.8) is 0 Å². The van der Waals surface area contributed by atoms with Gasteiger partial charge in [0.25, 0.3) is 0 Å². The molecule has 0 aliphatic carbocycles. The van der Waals surface area contributed by atoms with Gasteiger partial charge in [-0.2, -0.15) is 0 Å². The lowest BCUT2D eigenvalue weighted by Crippen LogP contribution is -2.45. The van der Waals surface area contributed by atoms with Crippen molar-refractivity contribution in [3.8, 4) is 0 Å². The summed E-state index contributed by atoms with van der Waals surface area (Å²) < 4.78 is 0. The second-order valence-electron chi connectivity index (χ2n) is 6.63. The molecular weight excluding hydrogens is 248 g/mol. The van der Waals surface area contributed by atoms with E-state index in [1.807, 2.05) is 13.8 Å². The van der Waals surface area contributed by atoms with E-state index in [9.17, 15) is 4.79 Å². The highest BCUT2D eigenvalue weighted by Gasteiger charge is 2.25. The van der Waals surface area contributed by atoms with E-state index in [0.29, 0.717) is 17.9 Å². The van der Waals surface area contributed by atoms with Gasteiger partial charge in [0.15, 0.2) is 0 Å². The number of nitrogens with zero attached hydrogens (tertiary/aromatic N) is 1. The standard InChI is InChI=1S/C17H34N2O/c1-5-8-16(9-6-2)18-12-15-10-7-11-19(13-15)17(20)14(3)4/h14-16,18H,5-13H2,1-4H3/t15-/m0/s1. The minimum atomic E-state index is 0.134. The number of amides is 1. The molecule has 1 amide bonds. The molecule has 1 fully saturated rings. The molecule has 0 unspecified atom stereocenters. The number of nitrogens with one attached hydrogen (secondary N) is 1. The zero-order valence-electron chi connectivity index (χ0n) is 14.0. The van der Waals surface area contributed by atoms with E-state index in [4.69, 9.17) is 0 Å². The topological polar surface area (TPSA) is 32.3 Å². The highest BCUT2D eigenvalue weighted by Crippen LogP contribution is 2.18. The molecule has 1 rings (SSSR count). The summed E-state index contributed by atoms with van der Waals surface area (Å²) >= 11 is 0. The molecule has 1 aliphatic heterocycles. The van der Waals surface area contributed by atoms with Crippen molar-refractivity contribution >= 4 is 5.91 Å². The molecule has 0 aromatic carbocycles. The third-order valence-corrected chi connectivity index (χ3v) is 4.29. The van der Waals surface area contributed by atoms with Crippen LogP contribution < -0.4 is 5.32 Å². The van der Waals surface area contributed by atoms with Gasteiger partial charge in [-0.1, -0.05) is 40.5 Å². The van der Waals surface area contributed by atoms with Crippen LogP contribution in [0, 0.1) is 11.8 Å². The van der Waals surface area contributed by atoms with Gasteiger partial charge in [-0.05, 0) is 38.1 Å². The molecule has 118 valence electrons. The molecule has 1 aliphatic rings. The van der Waals surface area contributed by atoms with Gasteiger partial charge in [0.2, 0.25) is 5.91 Å². The Hall–Kier alpha value is -0.570. The summed E-state index contributed by atoms with van der Waals surface area (Å²) in [4.78, 5) is 14.2. The highest BCUT2D eigenvalue weighted by atomic mass is 16.2. The average Bonchev–Trinajstić information content (AvgIpc) is 2.44. The normalized spacial score (nSPS) is 19.9. The van der Waals surface area contributed by atoms with E-state index in [1.165, 1.54) is 32.1 Å². The van der Waals surface area contributed by atoms with Crippen LogP contribution in [0.1, 0.15) is 66.2 Å². The quantitative estimate of drug-likeness (QED) is 0.739. The molecule has 0 aromatic rings. The van der Waals surface area contributed by atoms with E-state index < -0.39 is 0 Å². The van der Waals surface area contributed by atoms with Crippen molar-refractivity contribution in [1.29, 1.82) is 0 Å². The molecule has 20 heavy (non-hydrogen) atoms. The Balaban J connectivity index is 2.37. The molecule has 1 atom stereocenters. The number of carbonyl (C=O) groups excluding carboxylic acids is 1. The number of hydrogen-bond donors (Lipinski definition) is 1. The van der Waals surface area contributed by atoms with E-state index in [0.717, 1.165) is 26.1 Å². The maximum atomic E-state index is 12.1. The van der Waals surface area contributed by atoms with Crippen molar-refractivity contribution in [3.05, 3.63) is 0 Å². The van der Waals surface area contributed by atoms with Gasteiger partial charge in [0.05, 0.1) is 0 Å². The second-order valence-corrected chi connectivity index (χ2v) is 6.63. The largest absolute Gasteiger partial charge is 0.342 e. The fourth-order valence-corrected chi connectivity index (χ4v) is 3.18. The molecule has 1 heterocycles. The summed E-state index contributed by atoms with van der Waals surface area (Å²) in [7, 11) is 0. The molecule has 3 heteroatoms. The van der Waals surface area contributed by atoms with Crippen LogP contribution in [0.4, 0.5) is 0 Å². The van der Waals surface area contributed by atoms with Crippen LogP contribution >= 0.6 is 0 Å². The van der Waals surface area contributed by atoms with Crippen LogP contribution in [0.25, 0.3) is 0 Å². The van der Waals surface area contributed by atoms with Crippen LogP contribution in [0.15, 0.2) is 0 Å². The maximum Gasteiger partial charge on any atom is 0.225 e. The molecule has 1 saturated heterocycles. The molecule has 1 N–H and O–H groups in total. The van der Waals surface area contributed by atoms with Gasteiger partial charge in [-0.15, -0.1) is 0 Å². The third-order valence-electron chi connectivity index (χ3n) is 4.29. The fraction of sp³-hybridized carbons (Fsp3) is 0.941. The molecule has 3 nitrogen and oxygen atoms in total. The predicted molar refractivity (Wildman–Crippen MR) is 85.7 cm³/mol. The van der Waals surface area contributed by atoms with E-state index in [-0.39, 0.29) is 5.92 Å². The first-order valence-corrected chi connectivity index (χ1v) is 8.60. The average molecular weight is 282 g/mol. The summed E-state index contributed by atoms with van der Waals surface area (Å²) in [6.07, 6.45) is 7.47. The molecule has 0 spiro atoms. The SMILES string of the molecule is CCCC(CCC)NC[C@@H]1CCCN(C(=O)C(C)C)C1. The van der Waals surface area contributed by atoms with Crippen molar-refractivity contribution in [1.82, 2.24) is 10.2 Å². The van der Waals surface area contributed by atoms with Crippen LogP contribution in [0.2, 0.25) is 0 Å². The minimum Gasteiger partial charge on any atom is -0.342 e. The number of rotatable bonds is 8. The van der Waals surface area contributed by atoms with Crippen LogP contribution in [-0.2, 0) is 4.79 Å². The summed E-state index contributed by atoms with van der Waals surface area (Å²) in [5, 5.41) is 3.74. The number of piperidine rings is 1. The van der Waals surface area contributed by atoms with E-state index in [1.54, 1.807) is 0 Å². The van der Waals surface area contributed by atoms with Crippen molar-refractivity contribution < 1.29 is 4.79 Å². The van der Waals surface area contributed by atoms with Crippen LogP contribution in [0.3, 0.4) is 0 Å². The molecule has 0 bridgehead atoms. The Morgan fingerprint density at radius 2 is 1.90 bits per heavy atom. The van der Waals surface area contributed by atoms with Gasteiger partial charge < -0.3 is 10.2 Å². The maximum absolute atomic E-state index is 12.1. The van der Waals surface area contributed by atoms with Crippen molar-refractivity contribution in [2.24, 2.45) is 11.8 Å². The lowest BCUT2D eigenvalue weighted by Gasteiger charge is -2.34. The summed E-state index contributed by atoms with van der Waals surface area (Å²) in [6, 6.07) is 0.668. The van der Waals surface area contributed by atoms with Gasteiger partial charge >= 0.3 is 0 Å². The van der Waals surface area contributed by atoms with Crippen LogP contribution in [-0.4, -0.2) is 36.5 Å². The predicted octanol–water partition coefficient (Wildman–Crippen LogP) is 3.44. The minimum absolute atomic E-state index is 0.134. The zero-order chi connectivity index (χ0) is 15.0. The Kier molecular flexibility index (Phi) is 8.20. The molecule has 0 saturated carbocycles. The van der Waals surface area contributed by atoms with Gasteiger partial charge in [0, 0.05) is 25.0 Å². The first-order chi connectivity index (χ1) is 9.58. The highest BCUT2D eigenvalue weighted by molar-refractivity contribution is 5.78. The lowest BCUT2D eigenvalue weighted by atomic mass is 9.96. The van der Waals surface area contributed by atoms with Crippen LogP contribution in [0.5, 0.6) is 0 Å².